The highest BCUT2D eigenvalue weighted by molar-refractivity contribution is 5.98. The number of benzene rings is 1. The number of anilines is 3. The number of nitrogens with two attached hydrogens (primary N) is 2. The second-order valence-corrected chi connectivity index (χ2v) is 6.86. The van der Waals surface area contributed by atoms with Gasteiger partial charge in [0.1, 0.15) is 5.82 Å². The molecular weight excluding hydrogens is 373 g/mol. The highest BCUT2D eigenvalue weighted by atomic mass is 19.1. The van der Waals surface area contributed by atoms with E-state index in [2.05, 4.69) is 25.6 Å². The minimum Gasteiger partial charge on any atom is -0.365 e. The maximum Gasteiger partial charge on any atom is 0.252 e. The second kappa shape index (κ2) is 8.78. The smallest absolute Gasteiger partial charge is 0.252 e. The number of nitrogens with one attached hydrogen (secondary N) is 2. The molecule has 3 rings (SSSR count). The molecule has 6 N–H and O–H groups in total. The molecule has 2 aromatic heterocycles. The van der Waals surface area contributed by atoms with Gasteiger partial charge in [0.05, 0.1) is 16.6 Å². The lowest BCUT2D eigenvalue weighted by molar-refractivity contribution is 0.100. The van der Waals surface area contributed by atoms with Gasteiger partial charge in [0.25, 0.3) is 5.91 Å². The Labute approximate surface area is 167 Å². The maximum absolute atomic E-state index is 14.6. The van der Waals surface area contributed by atoms with E-state index < -0.39 is 11.7 Å². The SMILES string of the molecule is CCC[C@@H](Nc1nc(Nc2ccc3nccnc3c2)c(C(N)=O)cc1F)[C@H](C)N. The van der Waals surface area contributed by atoms with Gasteiger partial charge in [-0.15, -0.1) is 0 Å². The first kappa shape index (κ1) is 20.4. The molecule has 0 aliphatic carbocycles. The lowest BCUT2D eigenvalue weighted by atomic mass is 10.1. The third-order valence-electron chi connectivity index (χ3n) is 4.53. The largest absolute Gasteiger partial charge is 0.365 e. The van der Waals surface area contributed by atoms with Gasteiger partial charge >= 0.3 is 0 Å². The Kier molecular flexibility index (Phi) is 6.18. The van der Waals surface area contributed by atoms with Gasteiger partial charge in [-0.05, 0) is 37.6 Å². The number of halogens is 1. The van der Waals surface area contributed by atoms with E-state index in [-0.39, 0.29) is 29.3 Å². The third-order valence-corrected chi connectivity index (χ3v) is 4.53. The van der Waals surface area contributed by atoms with E-state index >= 15 is 0 Å². The fourth-order valence-corrected chi connectivity index (χ4v) is 3.00. The lowest BCUT2D eigenvalue weighted by Gasteiger charge is -2.23. The Balaban J connectivity index is 1.97. The van der Waals surface area contributed by atoms with Crippen molar-refractivity contribution in [3.8, 4) is 0 Å². The molecule has 0 unspecified atom stereocenters. The van der Waals surface area contributed by atoms with Crippen LogP contribution in [0.5, 0.6) is 0 Å². The van der Waals surface area contributed by atoms with Crippen LogP contribution >= 0.6 is 0 Å². The van der Waals surface area contributed by atoms with E-state index in [0.29, 0.717) is 11.2 Å². The summed E-state index contributed by atoms with van der Waals surface area (Å²) in [5.74, 6) is -1.31. The number of fused-ring (bicyclic) bond motifs is 1. The van der Waals surface area contributed by atoms with Gasteiger partial charge in [-0.2, -0.15) is 0 Å². The van der Waals surface area contributed by atoms with Crippen molar-refractivity contribution in [2.45, 2.75) is 38.8 Å². The van der Waals surface area contributed by atoms with Gasteiger partial charge in [0.2, 0.25) is 0 Å². The third kappa shape index (κ3) is 4.75. The topological polar surface area (TPSA) is 132 Å². The van der Waals surface area contributed by atoms with Gasteiger partial charge in [-0.3, -0.25) is 14.8 Å². The van der Waals surface area contributed by atoms with Crippen LogP contribution in [0.2, 0.25) is 0 Å². The minimum atomic E-state index is -0.789. The number of carbonyl (C=O) groups is 1. The van der Waals surface area contributed by atoms with E-state index in [1.165, 1.54) is 0 Å². The number of hydrogen-bond donors (Lipinski definition) is 4. The van der Waals surface area contributed by atoms with Gasteiger partial charge < -0.3 is 22.1 Å². The molecule has 2 atom stereocenters. The molecule has 3 aromatic rings. The lowest BCUT2D eigenvalue weighted by Crippen LogP contribution is -2.38. The predicted octanol–water partition coefficient (Wildman–Crippen LogP) is 2.93. The van der Waals surface area contributed by atoms with E-state index in [0.717, 1.165) is 24.4 Å². The number of rotatable bonds is 8. The van der Waals surface area contributed by atoms with E-state index in [1.54, 1.807) is 30.6 Å². The zero-order chi connectivity index (χ0) is 21.0. The van der Waals surface area contributed by atoms with Gasteiger partial charge in [0, 0.05) is 30.2 Å². The molecule has 2 heterocycles. The molecule has 0 radical (unpaired) electrons. The van der Waals surface area contributed by atoms with Crippen molar-refractivity contribution in [3.05, 3.63) is 48.0 Å². The average Bonchev–Trinajstić information content (AvgIpc) is 2.69. The molecule has 0 saturated carbocycles. The summed E-state index contributed by atoms with van der Waals surface area (Å²) in [5, 5.41) is 6.07. The van der Waals surface area contributed by atoms with Crippen LogP contribution in [0.15, 0.2) is 36.7 Å². The van der Waals surface area contributed by atoms with Crippen molar-refractivity contribution in [1.29, 1.82) is 0 Å². The van der Waals surface area contributed by atoms with Crippen LogP contribution in [-0.2, 0) is 0 Å². The summed E-state index contributed by atoms with van der Waals surface area (Å²) in [6.07, 6.45) is 4.82. The summed E-state index contributed by atoms with van der Waals surface area (Å²) in [4.78, 5) is 24.6. The zero-order valence-electron chi connectivity index (χ0n) is 16.3. The van der Waals surface area contributed by atoms with Crippen LogP contribution in [0.1, 0.15) is 37.0 Å². The highest BCUT2D eigenvalue weighted by Gasteiger charge is 2.20. The second-order valence-electron chi connectivity index (χ2n) is 6.86. The first-order chi connectivity index (χ1) is 13.9. The maximum atomic E-state index is 14.6. The summed E-state index contributed by atoms with van der Waals surface area (Å²) in [6.45, 7) is 3.87. The molecule has 0 bridgehead atoms. The summed E-state index contributed by atoms with van der Waals surface area (Å²) >= 11 is 0. The van der Waals surface area contributed by atoms with Crippen LogP contribution in [0.4, 0.5) is 21.7 Å². The fraction of sp³-hybridized carbons (Fsp3) is 0.300. The molecule has 1 amide bonds. The van der Waals surface area contributed by atoms with Crippen LogP contribution in [0, 0.1) is 5.82 Å². The summed E-state index contributed by atoms with van der Waals surface area (Å²) in [5.41, 5.74) is 13.4. The normalized spacial score (nSPS) is 13.1. The van der Waals surface area contributed by atoms with Crippen molar-refractivity contribution in [2.75, 3.05) is 10.6 Å². The molecule has 1 aromatic carbocycles. The van der Waals surface area contributed by atoms with Crippen LogP contribution < -0.4 is 22.1 Å². The number of nitrogens with zero attached hydrogens (tertiary/aromatic N) is 3. The fourth-order valence-electron chi connectivity index (χ4n) is 3.00. The van der Waals surface area contributed by atoms with Gasteiger partial charge in [-0.1, -0.05) is 13.3 Å². The predicted molar refractivity (Wildman–Crippen MR) is 112 cm³/mol. The average molecular weight is 397 g/mol. The standard InChI is InChI=1S/C20H24FN7O/c1-3-4-15(11(2)22)27-20-14(21)10-13(18(23)29)19(28-20)26-12-5-6-16-17(9-12)25-8-7-24-16/h5-11,15H,3-4,22H2,1-2H3,(H2,23,29)(H2,26,27,28)/t11-,15+/m0/s1. The van der Waals surface area contributed by atoms with Crippen molar-refractivity contribution >= 4 is 34.3 Å². The first-order valence-electron chi connectivity index (χ1n) is 9.39. The number of carbonyl (C=O) groups excluding carboxylic acids is 1. The van der Waals surface area contributed by atoms with Crippen LogP contribution in [0.25, 0.3) is 11.0 Å². The van der Waals surface area contributed by atoms with Crippen LogP contribution in [0.3, 0.4) is 0 Å². The Bertz CT molecular complexity index is 1020. The number of primary amides is 1. The molecule has 152 valence electrons. The number of hydrogen-bond acceptors (Lipinski definition) is 7. The Hall–Kier alpha value is -3.33. The zero-order valence-corrected chi connectivity index (χ0v) is 16.3. The summed E-state index contributed by atoms with van der Waals surface area (Å²) in [7, 11) is 0. The molecule has 0 aliphatic heterocycles. The molecule has 0 fully saturated rings. The quantitative estimate of drug-likeness (QED) is 0.459. The van der Waals surface area contributed by atoms with Crippen molar-refractivity contribution in [3.63, 3.8) is 0 Å². The molecular formula is C20H24FN7O. The van der Waals surface area contributed by atoms with Crippen molar-refractivity contribution in [2.24, 2.45) is 11.5 Å². The monoisotopic (exact) mass is 397 g/mol. The van der Waals surface area contributed by atoms with Crippen molar-refractivity contribution < 1.29 is 9.18 Å². The van der Waals surface area contributed by atoms with Crippen molar-refractivity contribution in [1.82, 2.24) is 15.0 Å². The van der Waals surface area contributed by atoms with E-state index in [1.807, 2.05) is 13.8 Å². The number of amides is 1. The summed E-state index contributed by atoms with van der Waals surface area (Å²) < 4.78 is 14.6. The van der Waals surface area contributed by atoms with E-state index in [4.69, 9.17) is 11.5 Å². The highest BCUT2D eigenvalue weighted by Crippen LogP contribution is 2.26. The molecule has 9 heteroatoms. The molecule has 29 heavy (non-hydrogen) atoms. The summed E-state index contributed by atoms with van der Waals surface area (Å²) in [6, 6.07) is 6.01. The number of aromatic nitrogens is 3. The number of pyridine rings is 1. The minimum absolute atomic E-state index is 0.00818. The molecule has 0 spiro atoms. The van der Waals surface area contributed by atoms with Gasteiger partial charge in [-0.25, -0.2) is 9.37 Å². The van der Waals surface area contributed by atoms with Gasteiger partial charge in [0.15, 0.2) is 11.6 Å². The first-order valence-corrected chi connectivity index (χ1v) is 9.39. The van der Waals surface area contributed by atoms with E-state index in [9.17, 15) is 9.18 Å². The van der Waals surface area contributed by atoms with Crippen LogP contribution in [-0.4, -0.2) is 32.9 Å². The molecule has 0 saturated heterocycles. The Morgan fingerprint density at radius 3 is 2.55 bits per heavy atom. The molecule has 8 nitrogen and oxygen atoms in total. The Morgan fingerprint density at radius 1 is 1.17 bits per heavy atom. The molecule has 0 aliphatic rings. The Morgan fingerprint density at radius 2 is 1.90 bits per heavy atom.